The molecule has 0 aliphatic carbocycles. The first kappa shape index (κ1) is 15.7. The van der Waals surface area contributed by atoms with E-state index in [1.165, 1.54) is 31.3 Å². The van der Waals surface area contributed by atoms with Crippen LogP contribution in [0.5, 0.6) is 0 Å². The van der Waals surface area contributed by atoms with Crippen LogP contribution in [0.4, 0.5) is 10.1 Å². The second-order valence-corrected chi connectivity index (χ2v) is 4.06. The Morgan fingerprint density at radius 1 is 1.45 bits per heavy atom. The van der Waals surface area contributed by atoms with Gasteiger partial charge in [-0.05, 0) is 31.2 Å². The number of nitrogens with zero attached hydrogens (tertiary/aromatic N) is 1. The van der Waals surface area contributed by atoms with E-state index in [1.54, 1.807) is 4.90 Å². The molecule has 0 fully saturated rings. The molecular weight excluding hydrogens is 263 g/mol. The van der Waals surface area contributed by atoms with Crippen LogP contribution < -0.4 is 10.2 Å². The van der Waals surface area contributed by atoms with Crippen LogP contribution in [0.1, 0.15) is 12.5 Å². The standard InChI is InChI=1S/C14H17FN2O3/c1-3-17(9-13(18)16-2)12-6-5-11(15)8-10(12)4-7-14(19)20/h4-8H,3,9H2,1-2H3,(H,16,18)(H,19,20). The highest BCUT2D eigenvalue weighted by atomic mass is 19.1. The summed E-state index contributed by atoms with van der Waals surface area (Å²) < 4.78 is 13.3. The highest BCUT2D eigenvalue weighted by molar-refractivity contribution is 5.88. The number of halogens is 1. The maximum atomic E-state index is 13.3. The Labute approximate surface area is 116 Å². The van der Waals surface area contributed by atoms with Gasteiger partial charge in [-0.1, -0.05) is 0 Å². The number of rotatable bonds is 6. The number of carboxylic acid groups (broad SMARTS) is 1. The fraction of sp³-hybridized carbons (Fsp3) is 0.286. The van der Waals surface area contributed by atoms with E-state index >= 15 is 0 Å². The van der Waals surface area contributed by atoms with Gasteiger partial charge >= 0.3 is 5.97 Å². The molecule has 0 unspecified atom stereocenters. The number of likely N-dealkylation sites (N-methyl/N-ethyl adjacent to an activating group) is 2. The molecule has 1 aromatic rings. The van der Waals surface area contributed by atoms with E-state index < -0.39 is 11.8 Å². The molecule has 0 spiro atoms. The number of carbonyl (C=O) groups is 2. The van der Waals surface area contributed by atoms with Crippen LogP contribution in [-0.2, 0) is 9.59 Å². The van der Waals surface area contributed by atoms with Crippen LogP contribution in [0.25, 0.3) is 6.08 Å². The molecule has 1 rings (SSSR count). The molecule has 0 aliphatic rings. The number of aliphatic carboxylic acids is 1. The molecule has 2 N–H and O–H groups in total. The van der Waals surface area contributed by atoms with E-state index in [-0.39, 0.29) is 12.5 Å². The summed E-state index contributed by atoms with van der Waals surface area (Å²) in [4.78, 5) is 23.8. The number of carboxylic acids is 1. The zero-order valence-electron chi connectivity index (χ0n) is 11.4. The van der Waals surface area contributed by atoms with E-state index in [2.05, 4.69) is 5.32 Å². The third kappa shape index (κ3) is 4.38. The maximum absolute atomic E-state index is 13.3. The van der Waals surface area contributed by atoms with Crippen molar-refractivity contribution in [1.29, 1.82) is 0 Å². The Morgan fingerprint density at radius 2 is 2.15 bits per heavy atom. The molecule has 108 valence electrons. The van der Waals surface area contributed by atoms with Crippen molar-refractivity contribution in [3.63, 3.8) is 0 Å². The zero-order valence-corrected chi connectivity index (χ0v) is 11.4. The minimum Gasteiger partial charge on any atom is -0.478 e. The number of amides is 1. The van der Waals surface area contributed by atoms with Crippen LogP contribution in [0.15, 0.2) is 24.3 Å². The van der Waals surface area contributed by atoms with Gasteiger partial charge in [0.1, 0.15) is 5.82 Å². The number of benzene rings is 1. The van der Waals surface area contributed by atoms with E-state index in [9.17, 15) is 14.0 Å². The molecule has 0 saturated carbocycles. The van der Waals surface area contributed by atoms with Crippen molar-refractivity contribution in [2.75, 3.05) is 25.0 Å². The molecule has 0 aromatic heterocycles. The van der Waals surface area contributed by atoms with Gasteiger partial charge in [-0.25, -0.2) is 9.18 Å². The summed E-state index contributed by atoms with van der Waals surface area (Å²) in [5.41, 5.74) is 1.02. The molecular formula is C14H17FN2O3. The Hall–Kier alpha value is -2.37. The lowest BCUT2D eigenvalue weighted by atomic mass is 10.1. The summed E-state index contributed by atoms with van der Waals surface area (Å²) in [6, 6.07) is 4.05. The zero-order chi connectivity index (χ0) is 15.1. The van der Waals surface area contributed by atoms with Gasteiger partial charge < -0.3 is 15.3 Å². The Morgan fingerprint density at radius 3 is 2.70 bits per heavy atom. The van der Waals surface area contributed by atoms with Crippen molar-refractivity contribution in [2.24, 2.45) is 0 Å². The number of anilines is 1. The van der Waals surface area contributed by atoms with E-state index in [4.69, 9.17) is 5.11 Å². The maximum Gasteiger partial charge on any atom is 0.328 e. The summed E-state index contributed by atoms with van der Waals surface area (Å²) in [6.07, 6.45) is 2.25. The summed E-state index contributed by atoms with van der Waals surface area (Å²) in [6.45, 7) is 2.51. The molecule has 0 aliphatic heterocycles. The Kier molecular flexibility index (Phi) is 5.71. The fourth-order valence-electron chi connectivity index (χ4n) is 1.73. The van der Waals surface area contributed by atoms with Gasteiger partial charge in [0.2, 0.25) is 5.91 Å². The first-order valence-corrected chi connectivity index (χ1v) is 6.14. The van der Waals surface area contributed by atoms with Gasteiger partial charge in [0.05, 0.1) is 6.54 Å². The van der Waals surface area contributed by atoms with Gasteiger partial charge in [-0.15, -0.1) is 0 Å². The van der Waals surface area contributed by atoms with E-state index in [0.29, 0.717) is 17.8 Å². The fourth-order valence-corrected chi connectivity index (χ4v) is 1.73. The lowest BCUT2D eigenvalue weighted by Crippen LogP contribution is -2.35. The molecule has 1 amide bonds. The molecule has 0 radical (unpaired) electrons. The quantitative estimate of drug-likeness (QED) is 0.775. The molecule has 0 heterocycles. The molecule has 5 nitrogen and oxygen atoms in total. The number of hydrogen-bond donors (Lipinski definition) is 2. The van der Waals surface area contributed by atoms with Crippen molar-refractivity contribution in [3.8, 4) is 0 Å². The van der Waals surface area contributed by atoms with Crippen LogP contribution >= 0.6 is 0 Å². The lowest BCUT2D eigenvalue weighted by Gasteiger charge is -2.24. The minimum absolute atomic E-state index is 0.118. The van der Waals surface area contributed by atoms with Gasteiger partial charge in [0.15, 0.2) is 0 Å². The minimum atomic E-state index is -1.12. The average Bonchev–Trinajstić information content (AvgIpc) is 2.42. The van der Waals surface area contributed by atoms with Gasteiger partial charge in [-0.3, -0.25) is 4.79 Å². The summed E-state index contributed by atoms with van der Waals surface area (Å²) in [5, 5.41) is 11.2. The predicted molar refractivity (Wildman–Crippen MR) is 75.0 cm³/mol. The topological polar surface area (TPSA) is 69.6 Å². The van der Waals surface area contributed by atoms with E-state index in [1.807, 2.05) is 6.92 Å². The van der Waals surface area contributed by atoms with Gasteiger partial charge in [0, 0.05) is 30.9 Å². The third-order valence-electron chi connectivity index (χ3n) is 2.73. The van der Waals surface area contributed by atoms with Crippen molar-refractivity contribution in [1.82, 2.24) is 5.32 Å². The largest absolute Gasteiger partial charge is 0.478 e. The van der Waals surface area contributed by atoms with Crippen LogP contribution in [-0.4, -0.2) is 37.1 Å². The van der Waals surface area contributed by atoms with Gasteiger partial charge in [0.25, 0.3) is 0 Å². The predicted octanol–water partition coefficient (Wildman–Crippen LogP) is 1.50. The van der Waals surface area contributed by atoms with Gasteiger partial charge in [-0.2, -0.15) is 0 Å². The first-order valence-electron chi connectivity index (χ1n) is 6.14. The first-order chi connectivity index (χ1) is 9.47. The molecule has 1 aromatic carbocycles. The van der Waals surface area contributed by atoms with Crippen molar-refractivity contribution in [2.45, 2.75) is 6.92 Å². The Bertz CT molecular complexity index is 529. The van der Waals surface area contributed by atoms with Crippen molar-refractivity contribution < 1.29 is 19.1 Å². The third-order valence-corrected chi connectivity index (χ3v) is 2.73. The van der Waals surface area contributed by atoms with E-state index in [0.717, 1.165) is 6.08 Å². The van der Waals surface area contributed by atoms with Crippen LogP contribution in [0, 0.1) is 5.82 Å². The highest BCUT2D eigenvalue weighted by Gasteiger charge is 2.12. The van der Waals surface area contributed by atoms with Crippen molar-refractivity contribution in [3.05, 3.63) is 35.7 Å². The van der Waals surface area contributed by atoms with Crippen LogP contribution in [0.3, 0.4) is 0 Å². The van der Waals surface area contributed by atoms with Crippen LogP contribution in [0.2, 0.25) is 0 Å². The average molecular weight is 280 g/mol. The highest BCUT2D eigenvalue weighted by Crippen LogP contribution is 2.23. The second kappa shape index (κ2) is 7.28. The summed E-state index contributed by atoms with van der Waals surface area (Å²) in [7, 11) is 1.53. The normalized spacial score (nSPS) is 10.6. The monoisotopic (exact) mass is 280 g/mol. The summed E-state index contributed by atoms with van der Waals surface area (Å²) in [5.74, 6) is -1.76. The molecule has 6 heteroatoms. The molecule has 0 atom stereocenters. The SMILES string of the molecule is CCN(CC(=O)NC)c1ccc(F)cc1C=CC(=O)O. The molecule has 20 heavy (non-hydrogen) atoms. The number of hydrogen-bond acceptors (Lipinski definition) is 3. The summed E-state index contributed by atoms with van der Waals surface area (Å²) >= 11 is 0. The molecule has 0 bridgehead atoms. The van der Waals surface area contributed by atoms with Crippen molar-refractivity contribution >= 4 is 23.6 Å². The second-order valence-electron chi connectivity index (χ2n) is 4.06. The lowest BCUT2D eigenvalue weighted by molar-refractivity contribution is -0.131. The number of carbonyl (C=O) groups excluding carboxylic acids is 1. The number of nitrogens with one attached hydrogen (secondary N) is 1. The smallest absolute Gasteiger partial charge is 0.328 e. The Balaban J connectivity index is 3.13. The molecule has 0 saturated heterocycles.